The highest BCUT2D eigenvalue weighted by molar-refractivity contribution is 6.11. The van der Waals surface area contributed by atoms with E-state index in [9.17, 15) is 9.59 Å². The van der Waals surface area contributed by atoms with E-state index in [1.54, 1.807) is 25.2 Å². The van der Waals surface area contributed by atoms with E-state index in [0.29, 0.717) is 27.9 Å². The SMILES string of the molecule is CC(C)C.CNC(=O)c1c(-c2ccc(C)cc2)oc2ccc(-c3cccc(C(=O)NCCO)c3)cc12. The van der Waals surface area contributed by atoms with Gasteiger partial charge in [-0.3, -0.25) is 9.59 Å². The molecule has 3 aromatic carbocycles. The molecular weight excluding hydrogens is 452 g/mol. The van der Waals surface area contributed by atoms with Gasteiger partial charge in [-0.15, -0.1) is 0 Å². The fourth-order valence-corrected chi connectivity index (χ4v) is 3.65. The topological polar surface area (TPSA) is 91.6 Å². The molecule has 0 aliphatic heterocycles. The quantitative estimate of drug-likeness (QED) is 0.320. The van der Waals surface area contributed by atoms with Gasteiger partial charge in [0.05, 0.1) is 12.2 Å². The molecule has 1 heterocycles. The average Bonchev–Trinajstić information content (AvgIpc) is 3.25. The molecule has 6 nitrogen and oxygen atoms in total. The van der Waals surface area contributed by atoms with Gasteiger partial charge in [0.2, 0.25) is 0 Å². The van der Waals surface area contributed by atoms with Gasteiger partial charge in [0.25, 0.3) is 11.8 Å². The van der Waals surface area contributed by atoms with E-state index < -0.39 is 0 Å². The standard InChI is InChI=1S/C26H24N2O4.C4H10/c1-16-6-8-17(9-7-16)24-23(26(31)27-2)21-15-19(10-11-22(21)32-24)18-4-3-5-20(14-18)25(30)28-12-13-29;1-4(2)3/h3-11,14-15,29H,12-13H2,1-2H3,(H,27,31)(H,28,30);4H,1-3H3. The third kappa shape index (κ3) is 6.40. The fraction of sp³-hybridized carbons (Fsp3) is 0.267. The summed E-state index contributed by atoms with van der Waals surface area (Å²) in [6.45, 7) is 8.59. The van der Waals surface area contributed by atoms with E-state index in [-0.39, 0.29) is 25.0 Å². The number of aryl methyl sites for hydroxylation is 1. The van der Waals surface area contributed by atoms with Gasteiger partial charge >= 0.3 is 0 Å². The third-order valence-electron chi connectivity index (χ3n) is 5.31. The van der Waals surface area contributed by atoms with Crippen molar-refractivity contribution in [2.75, 3.05) is 20.2 Å². The van der Waals surface area contributed by atoms with E-state index in [1.165, 1.54) is 0 Å². The third-order valence-corrected chi connectivity index (χ3v) is 5.31. The van der Waals surface area contributed by atoms with Crippen LogP contribution in [-0.4, -0.2) is 37.1 Å². The Morgan fingerprint density at radius 1 is 0.889 bits per heavy atom. The average molecular weight is 487 g/mol. The Hall–Kier alpha value is -3.90. The van der Waals surface area contributed by atoms with Crippen molar-refractivity contribution in [2.24, 2.45) is 5.92 Å². The van der Waals surface area contributed by atoms with Crippen LogP contribution in [0.1, 0.15) is 47.1 Å². The Morgan fingerprint density at radius 2 is 1.53 bits per heavy atom. The van der Waals surface area contributed by atoms with Crippen LogP contribution >= 0.6 is 0 Å². The van der Waals surface area contributed by atoms with Gasteiger partial charge in [-0.25, -0.2) is 0 Å². The number of furan rings is 1. The van der Waals surface area contributed by atoms with Gasteiger partial charge in [0.1, 0.15) is 11.3 Å². The maximum absolute atomic E-state index is 12.8. The van der Waals surface area contributed by atoms with Crippen LogP contribution in [0.2, 0.25) is 0 Å². The summed E-state index contributed by atoms with van der Waals surface area (Å²) in [4.78, 5) is 25.1. The second-order valence-electron chi connectivity index (χ2n) is 9.25. The highest BCUT2D eigenvalue weighted by Gasteiger charge is 2.22. The van der Waals surface area contributed by atoms with E-state index in [0.717, 1.165) is 28.2 Å². The molecule has 4 aromatic rings. The first-order chi connectivity index (χ1) is 17.2. The maximum Gasteiger partial charge on any atom is 0.255 e. The van der Waals surface area contributed by atoms with Crippen molar-refractivity contribution in [2.45, 2.75) is 27.7 Å². The number of amides is 2. The second kappa shape index (κ2) is 12.2. The molecule has 0 saturated heterocycles. The summed E-state index contributed by atoms with van der Waals surface area (Å²) in [6, 6.07) is 20.7. The van der Waals surface area contributed by atoms with E-state index in [4.69, 9.17) is 9.52 Å². The van der Waals surface area contributed by atoms with Crippen LogP contribution in [-0.2, 0) is 0 Å². The zero-order valence-electron chi connectivity index (χ0n) is 21.5. The Morgan fingerprint density at radius 3 is 2.17 bits per heavy atom. The molecule has 0 aliphatic carbocycles. The molecule has 0 bridgehead atoms. The summed E-state index contributed by atoms with van der Waals surface area (Å²) >= 11 is 0. The molecule has 0 fully saturated rings. The van der Waals surface area contributed by atoms with Gasteiger partial charge in [-0.05, 0) is 48.2 Å². The summed E-state index contributed by atoms with van der Waals surface area (Å²) in [5.74, 6) is 0.875. The van der Waals surface area contributed by atoms with Gasteiger partial charge < -0.3 is 20.2 Å². The van der Waals surface area contributed by atoms with Crippen molar-refractivity contribution in [3.8, 4) is 22.5 Å². The molecule has 6 heteroatoms. The van der Waals surface area contributed by atoms with Crippen molar-refractivity contribution in [1.29, 1.82) is 0 Å². The molecule has 188 valence electrons. The minimum atomic E-state index is -0.252. The van der Waals surface area contributed by atoms with Crippen molar-refractivity contribution in [3.63, 3.8) is 0 Å². The number of aliphatic hydroxyl groups excluding tert-OH is 1. The van der Waals surface area contributed by atoms with Crippen LogP contribution in [0.5, 0.6) is 0 Å². The number of hydrogen-bond acceptors (Lipinski definition) is 4. The van der Waals surface area contributed by atoms with Gasteiger partial charge in [0, 0.05) is 30.1 Å². The van der Waals surface area contributed by atoms with Crippen molar-refractivity contribution >= 4 is 22.8 Å². The summed E-state index contributed by atoms with van der Waals surface area (Å²) in [7, 11) is 1.60. The summed E-state index contributed by atoms with van der Waals surface area (Å²) in [5.41, 5.74) is 5.23. The zero-order chi connectivity index (χ0) is 26.2. The number of fused-ring (bicyclic) bond motifs is 1. The molecule has 36 heavy (non-hydrogen) atoms. The molecular formula is C30H34N2O4. The lowest BCUT2D eigenvalue weighted by Crippen LogP contribution is -2.26. The second-order valence-corrected chi connectivity index (χ2v) is 9.25. The highest BCUT2D eigenvalue weighted by atomic mass is 16.3. The number of hydrogen-bond donors (Lipinski definition) is 3. The lowest BCUT2D eigenvalue weighted by Gasteiger charge is -2.07. The lowest BCUT2D eigenvalue weighted by molar-refractivity contribution is 0.0942. The van der Waals surface area contributed by atoms with Gasteiger partial charge in [-0.2, -0.15) is 0 Å². The predicted molar refractivity (Wildman–Crippen MR) is 145 cm³/mol. The Kier molecular flexibility index (Phi) is 9.03. The predicted octanol–water partition coefficient (Wildman–Crippen LogP) is 5.82. The first-order valence-corrected chi connectivity index (χ1v) is 12.1. The number of carbonyl (C=O) groups excluding carboxylic acids is 2. The van der Waals surface area contributed by atoms with E-state index in [1.807, 2.05) is 55.5 Å². The van der Waals surface area contributed by atoms with Crippen LogP contribution in [0, 0.1) is 12.8 Å². The van der Waals surface area contributed by atoms with E-state index >= 15 is 0 Å². The van der Waals surface area contributed by atoms with Gasteiger partial charge in [-0.1, -0.05) is 68.8 Å². The normalized spacial score (nSPS) is 10.6. The largest absolute Gasteiger partial charge is 0.455 e. The van der Waals surface area contributed by atoms with Crippen LogP contribution < -0.4 is 10.6 Å². The molecule has 2 amide bonds. The Balaban J connectivity index is 0.000000840. The summed E-state index contributed by atoms with van der Waals surface area (Å²) in [6.07, 6.45) is 0. The van der Waals surface area contributed by atoms with Crippen LogP contribution in [0.4, 0.5) is 0 Å². The number of rotatable bonds is 6. The molecule has 4 rings (SSSR count). The molecule has 0 unspecified atom stereocenters. The van der Waals surface area contributed by atoms with Gasteiger partial charge in [0.15, 0.2) is 0 Å². The lowest BCUT2D eigenvalue weighted by atomic mass is 9.98. The highest BCUT2D eigenvalue weighted by Crippen LogP contribution is 2.36. The van der Waals surface area contributed by atoms with Crippen LogP contribution in [0.3, 0.4) is 0 Å². The van der Waals surface area contributed by atoms with Crippen LogP contribution in [0.25, 0.3) is 33.4 Å². The molecule has 0 spiro atoms. The first-order valence-electron chi connectivity index (χ1n) is 12.1. The first kappa shape index (κ1) is 26.7. The molecule has 0 saturated carbocycles. The molecule has 0 atom stereocenters. The monoisotopic (exact) mass is 486 g/mol. The van der Waals surface area contributed by atoms with Crippen LogP contribution in [0.15, 0.2) is 71.1 Å². The van der Waals surface area contributed by atoms with E-state index in [2.05, 4.69) is 31.4 Å². The number of aliphatic hydroxyl groups is 1. The molecule has 0 aliphatic rings. The molecule has 1 aromatic heterocycles. The van der Waals surface area contributed by atoms with Crippen molar-refractivity contribution < 1.29 is 19.1 Å². The minimum absolute atomic E-state index is 0.117. The zero-order valence-corrected chi connectivity index (χ0v) is 21.5. The van der Waals surface area contributed by atoms with Crippen molar-refractivity contribution in [3.05, 3.63) is 83.4 Å². The van der Waals surface area contributed by atoms with Crippen molar-refractivity contribution in [1.82, 2.24) is 10.6 Å². The summed E-state index contributed by atoms with van der Waals surface area (Å²) in [5, 5.41) is 15.0. The molecule has 0 radical (unpaired) electrons. The smallest absolute Gasteiger partial charge is 0.255 e. The minimum Gasteiger partial charge on any atom is -0.455 e. The summed E-state index contributed by atoms with van der Waals surface area (Å²) < 4.78 is 6.10. The number of carbonyl (C=O) groups is 2. The fourth-order valence-electron chi connectivity index (χ4n) is 3.65. The Labute approximate surface area is 212 Å². The maximum atomic E-state index is 12.8. The molecule has 3 N–H and O–H groups in total. The Bertz CT molecular complexity index is 1330. The number of benzene rings is 3. The number of nitrogens with one attached hydrogen (secondary N) is 2.